The molecule has 0 aliphatic heterocycles. The number of aromatic nitrogens is 1. The number of carbonyl (C=O) groups excluding carboxylic acids is 1. The monoisotopic (exact) mass is 241 g/mol. The molecule has 0 aromatic carbocycles. The number of pyridine rings is 1. The van der Waals surface area contributed by atoms with Gasteiger partial charge in [0.1, 0.15) is 11.0 Å². The SMILES string of the molecule is CC(C)C[C@H](N)C(=O)Nc1cccc(Cl)n1. The minimum atomic E-state index is -0.513. The van der Waals surface area contributed by atoms with E-state index in [1.54, 1.807) is 18.2 Å². The Morgan fingerprint density at radius 3 is 2.81 bits per heavy atom. The van der Waals surface area contributed by atoms with Crippen molar-refractivity contribution in [2.75, 3.05) is 5.32 Å². The first kappa shape index (κ1) is 12.9. The van der Waals surface area contributed by atoms with Crippen LogP contribution in [0.1, 0.15) is 20.3 Å². The largest absolute Gasteiger partial charge is 0.320 e. The second kappa shape index (κ2) is 5.82. The molecular formula is C11H16ClN3O. The molecule has 0 spiro atoms. The Morgan fingerprint density at radius 1 is 1.56 bits per heavy atom. The van der Waals surface area contributed by atoms with Crippen LogP contribution in [0.15, 0.2) is 18.2 Å². The van der Waals surface area contributed by atoms with E-state index in [1.807, 2.05) is 13.8 Å². The van der Waals surface area contributed by atoms with Gasteiger partial charge < -0.3 is 11.1 Å². The molecule has 1 heterocycles. The number of hydrogen-bond donors (Lipinski definition) is 2. The quantitative estimate of drug-likeness (QED) is 0.793. The molecule has 1 rings (SSSR count). The van der Waals surface area contributed by atoms with Crippen LogP contribution in [0, 0.1) is 5.92 Å². The Hall–Kier alpha value is -1.13. The van der Waals surface area contributed by atoms with Gasteiger partial charge in [-0.2, -0.15) is 0 Å². The maximum Gasteiger partial charge on any atom is 0.242 e. The zero-order valence-electron chi connectivity index (χ0n) is 9.40. The Balaban J connectivity index is 2.57. The third-order valence-corrected chi connectivity index (χ3v) is 2.24. The van der Waals surface area contributed by atoms with Crippen LogP contribution in [0.4, 0.5) is 5.82 Å². The summed E-state index contributed by atoms with van der Waals surface area (Å²) in [6.07, 6.45) is 0.645. The number of hydrogen-bond acceptors (Lipinski definition) is 3. The molecule has 1 aromatic heterocycles. The van der Waals surface area contributed by atoms with E-state index in [4.69, 9.17) is 17.3 Å². The van der Waals surface area contributed by atoms with E-state index in [1.165, 1.54) is 0 Å². The van der Waals surface area contributed by atoms with Crippen LogP contribution in [0.25, 0.3) is 0 Å². The first-order valence-electron chi connectivity index (χ1n) is 5.18. The number of nitrogens with one attached hydrogen (secondary N) is 1. The first-order chi connectivity index (χ1) is 7.49. The van der Waals surface area contributed by atoms with Gasteiger partial charge >= 0.3 is 0 Å². The van der Waals surface area contributed by atoms with Crippen molar-refractivity contribution < 1.29 is 4.79 Å². The van der Waals surface area contributed by atoms with Gasteiger partial charge in [-0.05, 0) is 24.5 Å². The minimum absolute atomic E-state index is 0.233. The van der Waals surface area contributed by atoms with E-state index in [0.717, 1.165) is 0 Å². The van der Waals surface area contributed by atoms with Crippen molar-refractivity contribution in [3.8, 4) is 0 Å². The number of rotatable bonds is 4. The topological polar surface area (TPSA) is 68.0 Å². The highest BCUT2D eigenvalue weighted by Gasteiger charge is 2.15. The summed E-state index contributed by atoms with van der Waals surface area (Å²) < 4.78 is 0. The Kier molecular flexibility index (Phi) is 4.71. The van der Waals surface area contributed by atoms with Crippen LogP contribution in [-0.2, 0) is 4.79 Å². The molecular weight excluding hydrogens is 226 g/mol. The van der Waals surface area contributed by atoms with Gasteiger partial charge in [0.25, 0.3) is 0 Å². The Labute approximate surface area is 100 Å². The molecule has 3 N–H and O–H groups in total. The van der Waals surface area contributed by atoms with Crippen LogP contribution in [-0.4, -0.2) is 16.9 Å². The van der Waals surface area contributed by atoms with Gasteiger partial charge in [-0.3, -0.25) is 4.79 Å². The average Bonchev–Trinajstić information content (AvgIpc) is 2.16. The predicted octanol–water partition coefficient (Wildman–Crippen LogP) is 2.05. The van der Waals surface area contributed by atoms with Crippen LogP contribution in [0.2, 0.25) is 5.15 Å². The molecule has 0 saturated heterocycles. The minimum Gasteiger partial charge on any atom is -0.320 e. The highest BCUT2D eigenvalue weighted by molar-refractivity contribution is 6.29. The zero-order chi connectivity index (χ0) is 12.1. The highest BCUT2D eigenvalue weighted by Crippen LogP contribution is 2.10. The van der Waals surface area contributed by atoms with Crippen molar-refractivity contribution in [3.63, 3.8) is 0 Å². The summed E-state index contributed by atoms with van der Waals surface area (Å²) >= 11 is 5.70. The number of anilines is 1. The van der Waals surface area contributed by atoms with Gasteiger partial charge in [-0.15, -0.1) is 0 Å². The molecule has 1 amide bonds. The lowest BCUT2D eigenvalue weighted by Crippen LogP contribution is -2.36. The fourth-order valence-corrected chi connectivity index (χ4v) is 1.48. The normalized spacial score (nSPS) is 12.6. The summed E-state index contributed by atoms with van der Waals surface area (Å²) in [5.74, 6) is 0.577. The van der Waals surface area contributed by atoms with Crippen LogP contribution >= 0.6 is 11.6 Å². The van der Waals surface area contributed by atoms with Crippen molar-refractivity contribution in [1.82, 2.24) is 4.98 Å². The molecule has 5 heteroatoms. The molecule has 0 radical (unpaired) electrons. The molecule has 1 aromatic rings. The van der Waals surface area contributed by atoms with E-state index in [9.17, 15) is 4.79 Å². The zero-order valence-corrected chi connectivity index (χ0v) is 10.2. The number of nitrogens with zero attached hydrogens (tertiary/aromatic N) is 1. The van der Waals surface area contributed by atoms with Crippen LogP contribution < -0.4 is 11.1 Å². The lowest BCUT2D eigenvalue weighted by molar-refractivity contribution is -0.117. The number of nitrogens with two attached hydrogens (primary N) is 1. The maximum atomic E-state index is 11.6. The fourth-order valence-electron chi connectivity index (χ4n) is 1.31. The number of halogens is 1. The molecule has 16 heavy (non-hydrogen) atoms. The fraction of sp³-hybridized carbons (Fsp3) is 0.455. The summed E-state index contributed by atoms with van der Waals surface area (Å²) in [6, 6.07) is 4.52. The molecule has 0 unspecified atom stereocenters. The van der Waals surface area contributed by atoms with E-state index in [0.29, 0.717) is 23.3 Å². The van der Waals surface area contributed by atoms with Gasteiger partial charge in [-0.1, -0.05) is 31.5 Å². The number of amides is 1. The first-order valence-corrected chi connectivity index (χ1v) is 5.56. The smallest absolute Gasteiger partial charge is 0.242 e. The summed E-state index contributed by atoms with van der Waals surface area (Å²) in [7, 11) is 0. The molecule has 0 aliphatic carbocycles. The summed E-state index contributed by atoms with van der Waals surface area (Å²) in [4.78, 5) is 15.6. The molecule has 0 fully saturated rings. The molecule has 1 atom stereocenters. The Bertz CT molecular complexity index is 368. The van der Waals surface area contributed by atoms with E-state index in [-0.39, 0.29) is 5.91 Å². The van der Waals surface area contributed by atoms with E-state index in [2.05, 4.69) is 10.3 Å². The summed E-state index contributed by atoms with van der Waals surface area (Å²) in [6.45, 7) is 4.04. The Morgan fingerprint density at radius 2 is 2.25 bits per heavy atom. The second-order valence-electron chi connectivity index (χ2n) is 4.07. The molecule has 0 aliphatic rings. The summed E-state index contributed by atoms with van der Waals surface area (Å²) in [5.41, 5.74) is 5.73. The lowest BCUT2D eigenvalue weighted by atomic mass is 10.0. The van der Waals surface area contributed by atoms with Crippen molar-refractivity contribution >= 4 is 23.3 Å². The van der Waals surface area contributed by atoms with Crippen molar-refractivity contribution in [1.29, 1.82) is 0 Å². The van der Waals surface area contributed by atoms with Gasteiger partial charge in [0.2, 0.25) is 5.91 Å². The molecule has 88 valence electrons. The maximum absolute atomic E-state index is 11.6. The van der Waals surface area contributed by atoms with Crippen molar-refractivity contribution in [2.24, 2.45) is 11.7 Å². The van der Waals surface area contributed by atoms with Crippen molar-refractivity contribution in [2.45, 2.75) is 26.3 Å². The van der Waals surface area contributed by atoms with Gasteiger partial charge in [-0.25, -0.2) is 4.98 Å². The van der Waals surface area contributed by atoms with E-state index < -0.39 is 6.04 Å². The third-order valence-electron chi connectivity index (χ3n) is 2.03. The molecule has 0 saturated carbocycles. The van der Waals surface area contributed by atoms with E-state index >= 15 is 0 Å². The van der Waals surface area contributed by atoms with Crippen LogP contribution in [0.5, 0.6) is 0 Å². The summed E-state index contributed by atoms with van der Waals surface area (Å²) in [5, 5.41) is 2.97. The van der Waals surface area contributed by atoms with Crippen molar-refractivity contribution in [3.05, 3.63) is 23.4 Å². The second-order valence-corrected chi connectivity index (χ2v) is 4.46. The molecule has 4 nitrogen and oxygen atoms in total. The lowest BCUT2D eigenvalue weighted by Gasteiger charge is -2.13. The average molecular weight is 242 g/mol. The van der Waals surface area contributed by atoms with Gasteiger partial charge in [0.15, 0.2) is 0 Å². The molecule has 0 bridgehead atoms. The van der Waals surface area contributed by atoms with Crippen LogP contribution in [0.3, 0.4) is 0 Å². The number of carbonyl (C=O) groups is 1. The highest BCUT2D eigenvalue weighted by atomic mass is 35.5. The van der Waals surface area contributed by atoms with Gasteiger partial charge in [0.05, 0.1) is 6.04 Å². The standard InChI is InChI=1S/C11H16ClN3O/c1-7(2)6-8(13)11(16)15-10-5-3-4-9(12)14-10/h3-5,7-8H,6,13H2,1-2H3,(H,14,15,16)/t8-/m0/s1. The predicted molar refractivity (Wildman–Crippen MR) is 65.3 cm³/mol. The third kappa shape index (κ3) is 4.16. The van der Waals surface area contributed by atoms with Gasteiger partial charge in [0, 0.05) is 0 Å².